The van der Waals surface area contributed by atoms with Crippen LogP contribution in [0.4, 0.5) is 4.39 Å². The fourth-order valence-electron chi connectivity index (χ4n) is 3.45. The molecule has 24 heavy (non-hydrogen) atoms. The van der Waals surface area contributed by atoms with Gasteiger partial charge in [0.05, 0.1) is 17.2 Å². The van der Waals surface area contributed by atoms with E-state index < -0.39 is 11.4 Å². The number of fused-ring (bicyclic) bond motifs is 1. The van der Waals surface area contributed by atoms with Gasteiger partial charge < -0.3 is 15.0 Å². The number of hydrogen-bond acceptors (Lipinski definition) is 3. The maximum Gasteiger partial charge on any atom is 0.254 e. The van der Waals surface area contributed by atoms with E-state index in [0.717, 1.165) is 25.7 Å². The van der Waals surface area contributed by atoms with Crippen molar-refractivity contribution in [2.75, 3.05) is 13.6 Å². The molecule has 1 saturated carbocycles. The Hall–Kier alpha value is -2.21. The van der Waals surface area contributed by atoms with Crippen molar-refractivity contribution < 1.29 is 14.3 Å². The Morgan fingerprint density at radius 2 is 2.08 bits per heavy atom. The summed E-state index contributed by atoms with van der Waals surface area (Å²) in [5, 5.41) is 10.6. The predicted molar refractivity (Wildman–Crippen MR) is 89.5 cm³/mol. The molecule has 5 nitrogen and oxygen atoms in total. The number of pyridine rings is 1. The number of carbonyl (C=O) groups excluding carboxylic acids is 1. The number of carbonyl (C=O) groups is 1. The summed E-state index contributed by atoms with van der Waals surface area (Å²) in [6, 6.07) is 5.22. The summed E-state index contributed by atoms with van der Waals surface area (Å²) < 4.78 is 13.4. The van der Waals surface area contributed by atoms with Gasteiger partial charge in [-0.25, -0.2) is 4.39 Å². The molecule has 3 rings (SSSR count). The SMILES string of the molecule is CN(CC1CCCCC1O)C(=O)c1cc(=O)[nH]c2cc(F)ccc12. The number of aromatic amines is 1. The highest BCUT2D eigenvalue weighted by molar-refractivity contribution is 6.05. The number of aliphatic hydroxyl groups excluding tert-OH is 1. The summed E-state index contributed by atoms with van der Waals surface area (Å²) in [7, 11) is 1.67. The molecule has 1 aromatic carbocycles. The summed E-state index contributed by atoms with van der Waals surface area (Å²) in [6.07, 6.45) is 3.33. The predicted octanol–water partition coefficient (Wildman–Crippen LogP) is 2.29. The van der Waals surface area contributed by atoms with Gasteiger partial charge in [0.15, 0.2) is 0 Å². The van der Waals surface area contributed by atoms with Crippen molar-refractivity contribution in [2.24, 2.45) is 5.92 Å². The minimum atomic E-state index is -0.471. The molecule has 6 heteroatoms. The molecule has 2 N–H and O–H groups in total. The number of rotatable bonds is 3. The van der Waals surface area contributed by atoms with Crippen LogP contribution in [0.5, 0.6) is 0 Å². The van der Waals surface area contributed by atoms with Gasteiger partial charge in [0.2, 0.25) is 5.56 Å². The average molecular weight is 332 g/mol. The van der Waals surface area contributed by atoms with Crippen LogP contribution in [-0.4, -0.2) is 40.6 Å². The smallest absolute Gasteiger partial charge is 0.254 e. The molecule has 0 aliphatic heterocycles. The number of amides is 1. The lowest BCUT2D eigenvalue weighted by molar-refractivity contribution is 0.0452. The monoisotopic (exact) mass is 332 g/mol. The molecule has 1 aromatic heterocycles. The molecular formula is C18H21FN2O3. The standard InChI is InChI=1S/C18H21FN2O3/c1-21(10-11-4-2-3-5-16(11)22)18(24)14-9-17(23)20-15-8-12(19)6-7-13(14)15/h6-9,11,16,22H,2-5,10H2,1H3,(H,20,23). The van der Waals surface area contributed by atoms with Crippen LogP contribution < -0.4 is 5.56 Å². The first-order valence-electron chi connectivity index (χ1n) is 8.22. The van der Waals surface area contributed by atoms with E-state index in [-0.39, 0.29) is 23.5 Å². The summed E-state index contributed by atoms with van der Waals surface area (Å²) in [5.41, 5.74) is 0.112. The normalized spacial score (nSPS) is 21.0. The van der Waals surface area contributed by atoms with Gasteiger partial charge in [0, 0.05) is 31.0 Å². The minimum Gasteiger partial charge on any atom is -0.393 e. The zero-order valence-electron chi connectivity index (χ0n) is 13.6. The zero-order chi connectivity index (χ0) is 17.3. The lowest BCUT2D eigenvalue weighted by Crippen LogP contribution is -2.38. The van der Waals surface area contributed by atoms with Gasteiger partial charge in [-0.1, -0.05) is 12.8 Å². The number of benzene rings is 1. The highest BCUT2D eigenvalue weighted by Crippen LogP contribution is 2.26. The van der Waals surface area contributed by atoms with E-state index in [4.69, 9.17) is 0 Å². The first-order chi connectivity index (χ1) is 11.5. The Morgan fingerprint density at radius 1 is 1.33 bits per heavy atom. The van der Waals surface area contributed by atoms with Crippen LogP contribution in [0.15, 0.2) is 29.1 Å². The van der Waals surface area contributed by atoms with Crippen LogP contribution in [-0.2, 0) is 0 Å². The van der Waals surface area contributed by atoms with Crippen LogP contribution in [0, 0.1) is 11.7 Å². The van der Waals surface area contributed by atoms with Crippen LogP contribution in [0.1, 0.15) is 36.0 Å². The average Bonchev–Trinajstić information content (AvgIpc) is 2.55. The van der Waals surface area contributed by atoms with Gasteiger partial charge in [-0.3, -0.25) is 9.59 Å². The second kappa shape index (κ2) is 6.73. The van der Waals surface area contributed by atoms with Gasteiger partial charge in [0.1, 0.15) is 5.82 Å². The van der Waals surface area contributed by atoms with E-state index in [1.54, 1.807) is 7.05 Å². The molecule has 1 aliphatic rings. The van der Waals surface area contributed by atoms with Gasteiger partial charge in [-0.05, 0) is 31.0 Å². The minimum absolute atomic E-state index is 0.0541. The van der Waals surface area contributed by atoms with Gasteiger partial charge in [0.25, 0.3) is 5.91 Å². The molecule has 0 radical (unpaired) electrons. The van der Waals surface area contributed by atoms with Crippen molar-refractivity contribution in [3.8, 4) is 0 Å². The number of aliphatic hydroxyl groups is 1. The number of nitrogens with one attached hydrogen (secondary N) is 1. The quantitative estimate of drug-likeness (QED) is 0.906. The van der Waals surface area contributed by atoms with Gasteiger partial charge in [-0.2, -0.15) is 0 Å². The molecule has 1 heterocycles. The van der Waals surface area contributed by atoms with E-state index >= 15 is 0 Å². The second-order valence-electron chi connectivity index (χ2n) is 6.53. The Bertz CT molecular complexity index is 818. The largest absolute Gasteiger partial charge is 0.393 e. The lowest BCUT2D eigenvalue weighted by atomic mass is 9.86. The molecule has 1 amide bonds. The summed E-state index contributed by atoms with van der Waals surface area (Å²) >= 11 is 0. The number of halogens is 1. The van der Waals surface area contributed by atoms with Crippen molar-refractivity contribution in [3.63, 3.8) is 0 Å². The van der Waals surface area contributed by atoms with Crippen LogP contribution in [0.25, 0.3) is 10.9 Å². The third-order valence-electron chi connectivity index (χ3n) is 4.76. The summed E-state index contributed by atoms with van der Waals surface area (Å²) in [5.74, 6) is -0.713. The summed E-state index contributed by atoms with van der Waals surface area (Å²) in [4.78, 5) is 28.7. The maximum absolute atomic E-state index is 13.4. The fourth-order valence-corrected chi connectivity index (χ4v) is 3.45. The number of H-pyrrole nitrogens is 1. The molecule has 2 aromatic rings. The topological polar surface area (TPSA) is 73.4 Å². The van der Waals surface area contributed by atoms with Gasteiger partial charge in [-0.15, -0.1) is 0 Å². The third kappa shape index (κ3) is 3.33. The molecular weight excluding hydrogens is 311 g/mol. The Balaban J connectivity index is 1.89. The highest BCUT2D eigenvalue weighted by Gasteiger charge is 2.26. The van der Waals surface area contributed by atoms with Crippen LogP contribution in [0.2, 0.25) is 0 Å². The van der Waals surface area contributed by atoms with Crippen molar-refractivity contribution >= 4 is 16.8 Å². The zero-order valence-corrected chi connectivity index (χ0v) is 13.6. The van der Waals surface area contributed by atoms with E-state index in [9.17, 15) is 19.1 Å². The molecule has 2 atom stereocenters. The maximum atomic E-state index is 13.4. The van der Waals surface area contributed by atoms with Gasteiger partial charge >= 0.3 is 0 Å². The van der Waals surface area contributed by atoms with Crippen molar-refractivity contribution in [1.82, 2.24) is 9.88 Å². The van der Waals surface area contributed by atoms with Crippen LogP contribution in [0.3, 0.4) is 0 Å². The van der Waals surface area contributed by atoms with E-state index in [2.05, 4.69) is 4.98 Å². The first-order valence-corrected chi connectivity index (χ1v) is 8.22. The van der Waals surface area contributed by atoms with Crippen molar-refractivity contribution in [1.29, 1.82) is 0 Å². The lowest BCUT2D eigenvalue weighted by Gasteiger charge is -2.31. The van der Waals surface area contributed by atoms with Crippen molar-refractivity contribution in [3.05, 3.63) is 46.0 Å². The number of aromatic nitrogens is 1. The Morgan fingerprint density at radius 3 is 2.83 bits per heavy atom. The van der Waals surface area contributed by atoms with E-state index in [1.165, 1.54) is 29.2 Å². The first kappa shape index (κ1) is 16.6. The molecule has 1 aliphatic carbocycles. The number of nitrogens with zero attached hydrogens (tertiary/aromatic N) is 1. The van der Waals surface area contributed by atoms with E-state index in [1.807, 2.05) is 0 Å². The molecule has 0 saturated heterocycles. The third-order valence-corrected chi connectivity index (χ3v) is 4.76. The van der Waals surface area contributed by atoms with Crippen LogP contribution >= 0.6 is 0 Å². The Labute approximate surface area is 139 Å². The number of hydrogen-bond donors (Lipinski definition) is 2. The highest BCUT2D eigenvalue weighted by atomic mass is 19.1. The molecule has 0 spiro atoms. The van der Waals surface area contributed by atoms with Crippen molar-refractivity contribution in [2.45, 2.75) is 31.8 Å². The molecule has 2 unspecified atom stereocenters. The second-order valence-corrected chi connectivity index (χ2v) is 6.53. The molecule has 0 bridgehead atoms. The summed E-state index contributed by atoms with van der Waals surface area (Å²) in [6.45, 7) is 0.440. The van der Waals surface area contributed by atoms with E-state index in [0.29, 0.717) is 17.4 Å². The Kier molecular flexibility index (Phi) is 4.66. The fraction of sp³-hybridized carbons (Fsp3) is 0.444. The molecule has 1 fully saturated rings. The molecule has 128 valence electrons.